The molecule has 0 amide bonds. The zero-order valence-corrected chi connectivity index (χ0v) is 8.92. The molecule has 0 aromatic carbocycles. The van der Waals surface area contributed by atoms with Gasteiger partial charge in [-0.1, -0.05) is 18.8 Å². The van der Waals surface area contributed by atoms with Crippen LogP contribution in [-0.4, -0.2) is 27.1 Å². The van der Waals surface area contributed by atoms with Crippen LogP contribution in [0.3, 0.4) is 0 Å². The number of ether oxygens (including phenoxy) is 2. The van der Waals surface area contributed by atoms with Crippen LogP contribution >= 0.6 is 0 Å². The van der Waals surface area contributed by atoms with Crippen LogP contribution in [0.25, 0.3) is 0 Å². The maximum Gasteiger partial charge on any atom is 0.507 e. The highest BCUT2D eigenvalue weighted by Crippen LogP contribution is 2.03. The fraction of sp³-hybridized carbons (Fsp3) is 0.625. The minimum atomic E-state index is -1.53. The largest absolute Gasteiger partial charge is 0.507 e. The Morgan fingerprint density at radius 3 is 2.50 bits per heavy atom. The lowest BCUT2D eigenvalue weighted by atomic mass is 10.9. The van der Waals surface area contributed by atoms with Crippen LogP contribution in [0, 0.1) is 0 Å². The van der Waals surface area contributed by atoms with E-state index in [1.165, 1.54) is 0 Å². The molecule has 0 aromatic heterocycles. The summed E-state index contributed by atoms with van der Waals surface area (Å²) in [5.41, 5.74) is 1.88. The van der Waals surface area contributed by atoms with Crippen LogP contribution in [0.2, 0.25) is 13.1 Å². The molecule has 0 atom stereocenters. The van der Waals surface area contributed by atoms with Gasteiger partial charge in [0.05, 0.1) is 12.8 Å². The zero-order valence-electron chi connectivity index (χ0n) is 7.92. The van der Waals surface area contributed by atoms with E-state index < -0.39 is 14.2 Å². The van der Waals surface area contributed by atoms with Crippen LogP contribution < -0.4 is 0 Å². The van der Waals surface area contributed by atoms with Crippen molar-refractivity contribution in [1.82, 2.24) is 0 Å². The molecule has 0 aliphatic carbocycles. The van der Waals surface area contributed by atoms with Gasteiger partial charge in [-0.3, -0.25) is 0 Å². The van der Waals surface area contributed by atoms with Gasteiger partial charge in [-0.05, 0) is 6.92 Å². The Labute approximate surface area is 74.4 Å². The second-order valence-electron chi connectivity index (χ2n) is 3.16. The Morgan fingerprint density at radius 1 is 1.50 bits per heavy atom. The molecule has 0 N–H and O–H groups in total. The molecule has 0 aromatic rings. The van der Waals surface area contributed by atoms with Crippen molar-refractivity contribution in [2.24, 2.45) is 0 Å². The summed E-state index contributed by atoms with van der Waals surface area (Å²) in [5, 5.41) is 0. The average Bonchev–Trinajstić information content (AvgIpc) is 2.02. The summed E-state index contributed by atoms with van der Waals surface area (Å²) in [6.45, 7) is 9.93. The minimum absolute atomic E-state index is 0.356. The molecular weight excluding hydrogens is 172 g/mol. The lowest BCUT2D eigenvalue weighted by Crippen LogP contribution is -2.31. The van der Waals surface area contributed by atoms with Crippen molar-refractivity contribution in [3.05, 3.63) is 12.3 Å². The highest BCUT2D eigenvalue weighted by atomic mass is 28.3. The number of rotatable bonds is 4. The monoisotopic (exact) mass is 188 g/mol. The topological polar surface area (TPSA) is 35.5 Å². The minimum Gasteiger partial charge on any atom is -0.438 e. The van der Waals surface area contributed by atoms with Crippen molar-refractivity contribution in [1.29, 1.82) is 0 Å². The van der Waals surface area contributed by atoms with Gasteiger partial charge in [0.1, 0.15) is 8.07 Å². The smallest absolute Gasteiger partial charge is 0.438 e. The van der Waals surface area contributed by atoms with E-state index in [1.807, 2.05) is 5.70 Å². The fourth-order valence-corrected chi connectivity index (χ4v) is 1.07. The lowest BCUT2D eigenvalue weighted by Gasteiger charge is -2.15. The summed E-state index contributed by atoms with van der Waals surface area (Å²) >= 11 is 0. The second kappa shape index (κ2) is 4.98. The fourth-order valence-electron chi connectivity index (χ4n) is 0.463. The summed E-state index contributed by atoms with van der Waals surface area (Å²) in [6.07, 6.45) is -0.144. The first-order valence-electron chi connectivity index (χ1n) is 3.95. The molecule has 0 saturated heterocycles. The first-order chi connectivity index (χ1) is 5.52. The number of hydrogen-bond acceptors (Lipinski definition) is 3. The number of carbonyl (C=O) groups is 1. The normalized spacial score (nSPS) is 10.6. The molecule has 0 radical (unpaired) electrons. The molecule has 0 aliphatic rings. The van der Waals surface area contributed by atoms with E-state index in [4.69, 9.17) is 4.74 Å². The van der Waals surface area contributed by atoms with Gasteiger partial charge in [0.15, 0.2) is 0 Å². The van der Waals surface area contributed by atoms with Gasteiger partial charge in [0, 0.05) is 0 Å². The van der Waals surface area contributed by atoms with E-state index in [0.29, 0.717) is 12.8 Å². The van der Waals surface area contributed by atoms with Crippen LogP contribution in [0.4, 0.5) is 4.79 Å². The molecule has 3 nitrogen and oxygen atoms in total. The van der Waals surface area contributed by atoms with Gasteiger partial charge in [0.2, 0.25) is 0 Å². The maximum absolute atomic E-state index is 10.7. The van der Waals surface area contributed by atoms with Crippen molar-refractivity contribution in [2.75, 3.05) is 12.8 Å². The third kappa shape index (κ3) is 4.95. The molecule has 0 unspecified atom stereocenters. The standard InChI is InChI=1S/C8H16O3Si/c1-5-10-8(9)11-7-12(3,4)6-2/h6H,2,5,7H2,1,3-4H3. The van der Waals surface area contributed by atoms with Crippen molar-refractivity contribution in [3.63, 3.8) is 0 Å². The second-order valence-corrected chi connectivity index (χ2v) is 7.84. The molecule has 70 valence electrons. The van der Waals surface area contributed by atoms with Crippen LogP contribution in [0.5, 0.6) is 0 Å². The molecule has 0 spiro atoms. The maximum atomic E-state index is 10.7. The number of carbonyl (C=O) groups excluding carboxylic acids is 1. The lowest BCUT2D eigenvalue weighted by molar-refractivity contribution is 0.0704. The highest BCUT2D eigenvalue weighted by Gasteiger charge is 2.18. The van der Waals surface area contributed by atoms with E-state index in [2.05, 4.69) is 24.4 Å². The van der Waals surface area contributed by atoms with Crippen LogP contribution in [0.15, 0.2) is 12.3 Å². The summed E-state index contributed by atoms with van der Waals surface area (Å²) < 4.78 is 9.48. The van der Waals surface area contributed by atoms with E-state index in [0.717, 1.165) is 0 Å². The molecule has 0 saturated carbocycles. The van der Waals surface area contributed by atoms with Gasteiger partial charge < -0.3 is 9.47 Å². The Bertz CT molecular complexity index is 166. The van der Waals surface area contributed by atoms with Gasteiger partial charge in [-0.25, -0.2) is 4.79 Å². The van der Waals surface area contributed by atoms with Gasteiger partial charge in [0.25, 0.3) is 0 Å². The Kier molecular flexibility index (Phi) is 4.66. The first-order valence-corrected chi connectivity index (χ1v) is 7.23. The predicted molar refractivity (Wildman–Crippen MR) is 50.7 cm³/mol. The highest BCUT2D eigenvalue weighted by molar-refractivity contribution is 6.82. The molecule has 0 rings (SSSR count). The van der Waals surface area contributed by atoms with E-state index in [-0.39, 0.29) is 0 Å². The summed E-state index contributed by atoms with van der Waals surface area (Å²) in [6, 6.07) is 0. The molecule has 12 heavy (non-hydrogen) atoms. The summed E-state index contributed by atoms with van der Waals surface area (Å²) in [7, 11) is -1.53. The van der Waals surface area contributed by atoms with E-state index in [9.17, 15) is 4.79 Å². The number of hydrogen-bond donors (Lipinski definition) is 0. The molecule has 0 aliphatic heterocycles. The Hall–Kier alpha value is -0.773. The van der Waals surface area contributed by atoms with Crippen molar-refractivity contribution in [3.8, 4) is 0 Å². The van der Waals surface area contributed by atoms with Crippen LogP contribution in [0.1, 0.15) is 6.92 Å². The summed E-state index contributed by atoms with van der Waals surface area (Å²) in [4.78, 5) is 10.7. The average molecular weight is 188 g/mol. The zero-order chi connectivity index (χ0) is 9.61. The van der Waals surface area contributed by atoms with Crippen LogP contribution in [-0.2, 0) is 9.47 Å². The Balaban J connectivity index is 3.67. The third-order valence-corrected chi connectivity index (χ3v) is 3.37. The van der Waals surface area contributed by atoms with Crippen molar-refractivity contribution >= 4 is 14.2 Å². The van der Waals surface area contributed by atoms with Crippen molar-refractivity contribution < 1.29 is 14.3 Å². The quantitative estimate of drug-likeness (QED) is 0.501. The molecule has 0 heterocycles. The molecular formula is C8H16O3Si. The molecule has 0 fully saturated rings. The summed E-state index contributed by atoms with van der Waals surface area (Å²) in [5.74, 6) is 0. The molecule has 0 bridgehead atoms. The van der Waals surface area contributed by atoms with Gasteiger partial charge in [-0.15, -0.1) is 6.58 Å². The van der Waals surface area contributed by atoms with Crippen molar-refractivity contribution in [2.45, 2.75) is 20.0 Å². The third-order valence-electron chi connectivity index (χ3n) is 1.38. The van der Waals surface area contributed by atoms with Gasteiger partial charge >= 0.3 is 6.16 Å². The van der Waals surface area contributed by atoms with E-state index in [1.54, 1.807) is 6.92 Å². The SMILES string of the molecule is C=C[Si](C)(C)COC(=O)OCC. The Morgan fingerprint density at radius 2 is 2.08 bits per heavy atom. The molecule has 4 heteroatoms. The first kappa shape index (κ1) is 11.2. The van der Waals surface area contributed by atoms with Gasteiger partial charge in [-0.2, -0.15) is 0 Å². The predicted octanol–water partition coefficient (Wildman–Crippen LogP) is 2.13. The van der Waals surface area contributed by atoms with E-state index >= 15 is 0 Å².